The summed E-state index contributed by atoms with van der Waals surface area (Å²) in [7, 11) is -0.710. The summed E-state index contributed by atoms with van der Waals surface area (Å²) in [5, 5.41) is 5.21. The molecule has 0 aromatic heterocycles. The molecule has 37 heavy (non-hydrogen) atoms. The smallest absolute Gasteiger partial charge is 0.239 e. The van der Waals surface area contributed by atoms with Crippen molar-refractivity contribution in [2.45, 2.75) is 31.2 Å². The Labute approximate surface area is 218 Å². The van der Waals surface area contributed by atoms with E-state index in [0.717, 1.165) is 21.9 Å². The molecule has 0 aliphatic heterocycles. The standard InChI is InChI=1S/C30H32N2O4S/c1-22(27-15-9-13-25-12-7-8-14-28(25)27)31-30(33)29(20-23-16-18-26(36-3)19-17-23)32(2)37(34,35)21-24-10-5-4-6-11-24/h4-19,22,29H,20-21H2,1-3H3,(H,31,33). The number of benzene rings is 4. The van der Waals surface area contributed by atoms with E-state index in [1.807, 2.05) is 79.7 Å². The highest BCUT2D eigenvalue weighted by molar-refractivity contribution is 7.88. The van der Waals surface area contributed by atoms with Crippen LogP contribution >= 0.6 is 0 Å². The number of nitrogens with one attached hydrogen (secondary N) is 1. The SMILES string of the molecule is COc1ccc(CC(C(=O)NC(C)c2cccc3ccccc23)N(C)S(=O)(=O)Cc2ccccc2)cc1. The maximum atomic E-state index is 13.7. The molecule has 0 saturated heterocycles. The van der Waals surface area contributed by atoms with Crippen LogP contribution in [0.1, 0.15) is 29.7 Å². The summed E-state index contributed by atoms with van der Waals surface area (Å²) < 4.78 is 33.2. The Kier molecular flexibility index (Phi) is 8.26. The van der Waals surface area contributed by atoms with Gasteiger partial charge in [-0.25, -0.2) is 8.42 Å². The first-order valence-electron chi connectivity index (χ1n) is 12.2. The number of carbonyl (C=O) groups is 1. The zero-order valence-corrected chi connectivity index (χ0v) is 22.1. The van der Waals surface area contributed by atoms with Gasteiger partial charge in [0.2, 0.25) is 15.9 Å². The Hall–Kier alpha value is -3.68. The largest absolute Gasteiger partial charge is 0.497 e. The van der Waals surface area contributed by atoms with Crippen LogP contribution in [0.15, 0.2) is 97.1 Å². The summed E-state index contributed by atoms with van der Waals surface area (Å²) in [5.41, 5.74) is 2.48. The molecule has 0 spiro atoms. The Morgan fingerprint density at radius 1 is 0.865 bits per heavy atom. The predicted octanol–water partition coefficient (Wildman–Crippen LogP) is 5.10. The molecule has 2 atom stereocenters. The van der Waals surface area contributed by atoms with Crippen molar-refractivity contribution in [1.29, 1.82) is 0 Å². The van der Waals surface area contributed by atoms with E-state index in [1.54, 1.807) is 31.4 Å². The van der Waals surface area contributed by atoms with Crippen LogP contribution in [0.2, 0.25) is 0 Å². The average molecular weight is 517 g/mol. The molecule has 1 N–H and O–H groups in total. The number of sulfonamides is 1. The number of hydrogen-bond donors (Lipinski definition) is 1. The number of ether oxygens (including phenoxy) is 1. The summed E-state index contributed by atoms with van der Waals surface area (Å²) in [6, 6.07) is 29.0. The van der Waals surface area contributed by atoms with Gasteiger partial charge < -0.3 is 10.1 Å². The molecule has 0 radical (unpaired) electrons. The highest BCUT2D eigenvalue weighted by Gasteiger charge is 2.33. The van der Waals surface area contributed by atoms with Gasteiger partial charge in [-0.05, 0) is 52.9 Å². The second kappa shape index (κ2) is 11.6. The molecule has 0 heterocycles. The lowest BCUT2D eigenvalue weighted by Gasteiger charge is -2.28. The van der Waals surface area contributed by atoms with Crippen molar-refractivity contribution in [2.24, 2.45) is 0 Å². The van der Waals surface area contributed by atoms with Gasteiger partial charge in [0.05, 0.1) is 18.9 Å². The van der Waals surface area contributed by atoms with Gasteiger partial charge in [0.1, 0.15) is 11.8 Å². The zero-order chi connectivity index (χ0) is 26.4. The number of likely N-dealkylation sites (N-methyl/N-ethyl adjacent to an activating group) is 1. The minimum atomic E-state index is -3.78. The minimum Gasteiger partial charge on any atom is -0.497 e. The van der Waals surface area contributed by atoms with Gasteiger partial charge >= 0.3 is 0 Å². The maximum absolute atomic E-state index is 13.7. The predicted molar refractivity (Wildman–Crippen MR) is 148 cm³/mol. The van der Waals surface area contributed by atoms with Crippen LogP contribution in [0, 0.1) is 0 Å². The van der Waals surface area contributed by atoms with Gasteiger partial charge in [-0.3, -0.25) is 4.79 Å². The number of hydrogen-bond acceptors (Lipinski definition) is 4. The molecule has 0 bridgehead atoms. The van der Waals surface area contributed by atoms with E-state index >= 15 is 0 Å². The molecule has 0 fully saturated rings. The fourth-order valence-corrected chi connectivity index (χ4v) is 5.84. The fraction of sp³-hybridized carbons (Fsp3) is 0.233. The fourth-order valence-electron chi connectivity index (χ4n) is 4.47. The van der Waals surface area contributed by atoms with Crippen LogP contribution in [0.3, 0.4) is 0 Å². The van der Waals surface area contributed by atoms with Crippen LogP contribution in [-0.4, -0.2) is 38.8 Å². The van der Waals surface area contributed by atoms with Crippen LogP contribution in [0.25, 0.3) is 10.8 Å². The third kappa shape index (κ3) is 6.37. The third-order valence-corrected chi connectivity index (χ3v) is 8.44. The van der Waals surface area contributed by atoms with Crippen LogP contribution in [0.4, 0.5) is 0 Å². The number of carbonyl (C=O) groups excluding carboxylic acids is 1. The number of fused-ring (bicyclic) bond motifs is 1. The van der Waals surface area contributed by atoms with E-state index in [9.17, 15) is 13.2 Å². The summed E-state index contributed by atoms with van der Waals surface area (Å²) in [6.07, 6.45) is 0.225. The Bertz CT molecular complexity index is 1450. The molecule has 4 rings (SSSR count). The Balaban J connectivity index is 1.61. The lowest BCUT2D eigenvalue weighted by atomic mass is 9.99. The van der Waals surface area contributed by atoms with Crippen molar-refractivity contribution in [3.63, 3.8) is 0 Å². The van der Waals surface area contributed by atoms with E-state index in [0.29, 0.717) is 11.3 Å². The second-order valence-electron chi connectivity index (χ2n) is 9.12. The van der Waals surface area contributed by atoms with Gasteiger partial charge in [0.15, 0.2) is 0 Å². The average Bonchev–Trinajstić information content (AvgIpc) is 2.91. The van der Waals surface area contributed by atoms with Gasteiger partial charge in [-0.15, -0.1) is 0 Å². The molecule has 192 valence electrons. The van der Waals surface area contributed by atoms with Crippen molar-refractivity contribution >= 4 is 26.7 Å². The quantitative estimate of drug-likeness (QED) is 0.318. The third-order valence-electron chi connectivity index (χ3n) is 6.61. The molecule has 2 unspecified atom stereocenters. The first-order valence-corrected chi connectivity index (χ1v) is 13.8. The number of amides is 1. The number of methoxy groups -OCH3 is 1. The molecule has 4 aromatic rings. The van der Waals surface area contributed by atoms with Crippen LogP contribution in [0.5, 0.6) is 5.75 Å². The summed E-state index contributed by atoms with van der Waals surface area (Å²) in [4.78, 5) is 13.7. The second-order valence-corrected chi connectivity index (χ2v) is 11.2. The van der Waals surface area contributed by atoms with Crippen LogP contribution < -0.4 is 10.1 Å². The van der Waals surface area contributed by atoms with E-state index in [4.69, 9.17) is 4.74 Å². The molecule has 0 saturated carbocycles. The number of rotatable bonds is 10. The molecule has 0 aliphatic carbocycles. The summed E-state index contributed by atoms with van der Waals surface area (Å²) >= 11 is 0. The van der Waals surface area contributed by atoms with Crippen molar-refractivity contribution in [2.75, 3.05) is 14.2 Å². The Morgan fingerprint density at radius 3 is 2.22 bits per heavy atom. The van der Waals surface area contributed by atoms with E-state index in [1.165, 1.54) is 11.4 Å². The first-order chi connectivity index (χ1) is 17.8. The molecule has 0 aliphatic rings. The normalized spacial score (nSPS) is 13.3. The molecular formula is C30H32N2O4S. The molecular weight excluding hydrogens is 484 g/mol. The molecule has 6 nitrogen and oxygen atoms in total. The lowest BCUT2D eigenvalue weighted by molar-refractivity contribution is -0.125. The molecule has 4 aromatic carbocycles. The van der Waals surface area contributed by atoms with Crippen LogP contribution in [-0.2, 0) is 27.0 Å². The summed E-state index contributed by atoms with van der Waals surface area (Å²) in [6.45, 7) is 1.92. The lowest BCUT2D eigenvalue weighted by Crippen LogP contribution is -2.49. The summed E-state index contributed by atoms with van der Waals surface area (Å²) in [5.74, 6) is 0.157. The van der Waals surface area contributed by atoms with Gasteiger partial charge in [0, 0.05) is 7.05 Å². The van der Waals surface area contributed by atoms with Crippen molar-refractivity contribution in [3.05, 3.63) is 114 Å². The molecule has 1 amide bonds. The maximum Gasteiger partial charge on any atom is 0.239 e. The van der Waals surface area contributed by atoms with Crippen molar-refractivity contribution < 1.29 is 17.9 Å². The minimum absolute atomic E-state index is 0.185. The Morgan fingerprint density at radius 2 is 1.51 bits per heavy atom. The van der Waals surface area contributed by atoms with Crippen molar-refractivity contribution in [1.82, 2.24) is 9.62 Å². The topological polar surface area (TPSA) is 75.7 Å². The van der Waals surface area contributed by atoms with E-state index < -0.39 is 16.1 Å². The van der Waals surface area contributed by atoms with Crippen molar-refractivity contribution in [3.8, 4) is 5.75 Å². The van der Waals surface area contributed by atoms with Gasteiger partial charge in [0.25, 0.3) is 0 Å². The first kappa shape index (κ1) is 26.4. The zero-order valence-electron chi connectivity index (χ0n) is 21.3. The van der Waals surface area contributed by atoms with E-state index in [-0.39, 0.29) is 24.1 Å². The van der Waals surface area contributed by atoms with E-state index in [2.05, 4.69) is 5.32 Å². The van der Waals surface area contributed by atoms with Gasteiger partial charge in [-0.2, -0.15) is 4.31 Å². The highest BCUT2D eigenvalue weighted by atomic mass is 32.2. The highest BCUT2D eigenvalue weighted by Crippen LogP contribution is 2.25. The number of nitrogens with zero attached hydrogens (tertiary/aromatic N) is 1. The monoisotopic (exact) mass is 516 g/mol. The van der Waals surface area contributed by atoms with Gasteiger partial charge in [-0.1, -0.05) is 84.9 Å². The molecule has 7 heteroatoms.